The number of esters is 1. The SMILES string of the molecule is COC(=O)[C@H](Cc1ccc(-n2c(=O)c3cc(N(C)C)ccc3n(C)c2=O)c2ncccc12)NC(c1ccccc1)(c1ccccc1)c1ccccc1. The van der Waals surface area contributed by atoms with Crippen LogP contribution in [0.25, 0.3) is 27.5 Å². The summed E-state index contributed by atoms with van der Waals surface area (Å²) in [6.07, 6.45) is 1.86. The van der Waals surface area contributed by atoms with Gasteiger partial charge in [0.2, 0.25) is 0 Å². The molecule has 7 rings (SSSR count). The van der Waals surface area contributed by atoms with Gasteiger partial charge in [-0.3, -0.25) is 24.5 Å². The molecule has 9 heteroatoms. The number of aryl methyl sites for hydroxylation is 1. The third-order valence-electron chi connectivity index (χ3n) is 9.77. The van der Waals surface area contributed by atoms with Crippen LogP contribution >= 0.6 is 0 Å². The summed E-state index contributed by atoms with van der Waals surface area (Å²) in [6, 6.07) is 42.1. The Labute approximate surface area is 301 Å². The molecule has 0 saturated heterocycles. The average Bonchev–Trinajstić information content (AvgIpc) is 3.19. The second-order valence-electron chi connectivity index (χ2n) is 13.0. The Kier molecular flexibility index (Phi) is 9.28. The minimum absolute atomic E-state index is 0.222. The number of anilines is 1. The third kappa shape index (κ3) is 5.95. The predicted molar refractivity (Wildman–Crippen MR) is 206 cm³/mol. The zero-order valence-electron chi connectivity index (χ0n) is 29.5. The lowest BCUT2D eigenvalue weighted by atomic mass is 9.76. The van der Waals surface area contributed by atoms with Crippen LogP contribution in [0.1, 0.15) is 22.3 Å². The smallest absolute Gasteiger partial charge is 0.335 e. The largest absolute Gasteiger partial charge is 0.468 e. The van der Waals surface area contributed by atoms with Gasteiger partial charge in [-0.25, -0.2) is 9.36 Å². The molecular formula is C43H39N5O4. The summed E-state index contributed by atoms with van der Waals surface area (Å²) >= 11 is 0. The van der Waals surface area contributed by atoms with E-state index in [1.807, 2.05) is 97.9 Å². The van der Waals surface area contributed by atoms with Crippen LogP contribution < -0.4 is 21.5 Å². The number of aromatic nitrogens is 3. The topological polar surface area (TPSA) is 98.5 Å². The van der Waals surface area contributed by atoms with Gasteiger partial charge in [0.1, 0.15) is 6.04 Å². The van der Waals surface area contributed by atoms with E-state index in [0.29, 0.717) is 27.5 Å². The summed E-state index contributed by atoms with van der Waals surface area (Å²) in [5.41, 5.74) is 3.99. The van der Waals surface area contributed by atoms with E-state index in [2.05, 4.69) is 41.7 Å². The molecule has 9 nitrogen and oxygen atoms in total. The molecule has 52 heavy (non-hydrogen) atoms. The van der Waals surface area contributed by atoms with Crippen molar-refractivity contribution in [1.82, 2.24) is 19.4 Å². The van der Waals surface area contributed by atoms with Crippen molar-refractivity contribution in [2.24, 2.45) is 7.05 Å². The summed E-state index contributed by atoms with van der Waals surface area (Å²) < 4.78 is 8.11. The number of nitrogens with one attached hydrogen (secondary N) is 1. The summed E-state index contributed by atoms with van der Waals surface area (Å²) in [6.45, 7) is 0. The molecule has 260 valence electrons. The maximum atomic E-state index is 14.1. The molecular weight excluding hydrogens is 651 g/mol. The fourth-order valence-electron chi connectivity index (χ4n) is 7.15. The maximum absolute atomic E-state index is 14.1. The van der Waals surface area contributed by atoms with E-state index in [4.69, 9.17) is 9.72 Å². The minimum Gasteiger partial charge on any atom is -0.468 e. The van der Waals surface area contributed by atoms with E-state index in [0.717, 1.165) is 27.9 Å². The van der Waals surface area contributed by atoms with E-state index in [1.165, 1.54) is 16.2 Å². The van der Waals surface area contributed by atoms with Gasteiger partial charge >= 0.3 is 11.7 Å². The highest BCUT2D eigenvalue weighted by molar-refractivity contribution is 5.91. The highest BCUT2D eigenvalue weighted by atomic mass is 16.5. The molecule has 5 aromatic carbocycles. The zero-order valence-corrected chi connectivity index (χ0v) is 29.5. The van der Waals surface area contributed by atoms with Crippen LogP contribution in [0.2, 0.25) is 0 Å². The highest BCUT2D eigenvalue weighted by Gasteiger charge is 2.40. The molecule has 0 amide bonds. The molecule has 0 unspecified atom stereocenters. The number of methoxy groups -OCH3 is 1. The van der Waals surface area contributed by atoms with Crippen molar-refractivity contribution in [3.63, 3.8) is 0 Å². The molecule has 1 atom stereocenters. The number of carbonyl (C=O) groups excluding carboxylic acids is 1. The van der Waals surface area contributed by atoms with Gasteiger partial charge in [-0.05, 0) is 59.0 Å². The number of hydrogen-bond donors (Lipinski definition) is 1. The lowest BCUT2D eigenvalue weighted by Crippen LogP contribution is -2.53. The quantitative estimate of drug-likeness (QED) is 0.140. The van der Waals surface area contributed by atoms with Crippen LogP contribution in [0.5, 0.6) is 0 Å². The van der Waals surface area contributed by atoms with Crippen LogP contribution in [0.4, 0.5) is 5.69 Å². The van der Waals surface area contributed by atoms with Crippen LogP contribution in [0.3, 0.4) is 0 Å². The van der Waals surface area contributed by atoms with E-state index < -0.39 is 28.8 Å². The van der Waals surface area contributed by atoms with Crippen molar-refractivity contribution in [1.29, 1.82) is 0 Å². The Morgan fingerprint density at radius 2 is 1.38 bits per heavy atom. The van der Waals surface area contributed by atoms with Crippen molar-refractivity contribution >= 4 is 33.5 Å². The maximum Gasteiger partial charge on any atom is 0.335 e. The zero-order chi connectivity index (χ0) is 36.4. The molecule has 2 heterocycles. The number of nitrogens with zero attached hydrogens (tertiary/aromatic N) is 4. The van der Waals surface area contributed by atoms with Gasteiger partial charge in [0, 0.05) is 38.4 Å². The van der Waals surface area contributed by atoms with Gasteiger partial charge in [-0.15, -0.1) is 0 Å². The molecule has 0 radical (unpaired) electrons. The van der Waals surface area contributed by atoms with E-state index in [9.17, 15) is 14.4 Å². The van der Waals surface area contributed by atoms with Crippen molar-refractivity contribution in [3.8, 4) is 5.69 Å². The number of ether oxygens (including phenoxy) is 1. The van der Waals surface area contributed by atoms with Gasteiger partial charge < -0.3 is 9.64 Å². The Hall–Kier alpha value is -6.32. The number of pyridine rings is 1. The normalized spacial score (nSPS) is 12.2. The first-order valence-electron chi connectivity index (χ1n) is 17.1. The number of fused-ring (bicyclic) bond motifs is 2. The first kappa shape index (κ1) is 34.1. The van der Waals surface area contributed by atoms with E-state index in [1.54, 1.807) is 31.4 Å². The molecule has 0 bridgehead atoms. The van der Waals surface area contributed by atoms with Gasteiger partial charge in [0.05, 0.1) is 34.8 Å². The van der Waals surface area contributed by atoms with Crippen LogP contribution in [0.15, 0.2) is 149 Å². The summed E-state index contributed by atoms with van der Waals surface area (Å²) in [7, 11) is 6.85. The first-order valence-corrected chi connectivity index (χ1v) is 17.1. The Bertz CT molecular complexity index is 2420. The minimum atomic E-state index is -0.938. The lowest BCUT2D eigenvalue weighted by molar-refractivity contribution is -0.143. The molecule has 0 saturated carbocycles. The average molecular weight is 690 g/mol. The molecule has 0 fully saturated rings. The van der Waals surface area contributed by atoms with Crippen molar-refractivity contribution in [3.05, 3.63) is 183 Å². The van der Waals surface area contributed by atoms with Crippen molar-refractivity contribution < 1.29 is 9.53 Å². The van der Waals surface area contributed by atoms with Crippen LogP contribution in [-0.4, -0.2) is 47.3 Å². The Morgan fingerprint density at radius 1 is 0.788 bits per heavy atom. The molecule has 7 aromatic rings. The second-order valence-corrected chi connectivity index (χ2v) is 13.0. The fraction of sp³-hybridized carbons (Fsp3) is 0.163. The third-order valence-corrected chi connectivity index (χ3v) is 9.77. The van der Waals surface area contributed by atoms with Gasteiger partial charge in [-0.1, -0.05) is 103 Å². The summed E-state index contributed by atoms with van der Waals surface area (Å²) in [5, 5.41) is 4.90. The van der Waals surface area contributed by atoms with E-state index in [-0.39, 0.29) is 6.42 Å². The molecule has 0 aliphatic carbocycles. The van der Waals surface area contributed by atoms with Gasteiger partial charge in [-0.2, -0.15) is 0 Å². The molecule has 1 N–H and O–H groups in total. The van der Waals surface area contributed by atoms with E-state index >= 15 is 0 Å². The van der Waals surface area contributed by atoms with Gasteiger partial charge in [0.15, 0.2) is 0 Å². The highest BCUT2D eigenvalue weighted by Crippen LogP contribution is 2.38. The second kappa shape index (κ2) is 14.1. The lowest BCUT2D eigenvalue weighted by Gasteiger charge is -2.39. The molecule has 0 spiro atoms. The van der Waals surface area contributed by atoms with Gasteiger partial charge in [0.25, 0.3) is 5.56 Å². The Balaban J connectivity index is 1.39. The molecule has 0 aliphatic rings. The number of carbonyl (C=O) groups is 1. The Morgan fingerprint density at radius 3 is 1.94 bits per heavy atom. The standard InChI is InChI=1S/C43H39N5O4/c1-46(2)33-23-25-37-35(28-33)40(49)48(42(51)47(37)3)38-24-22-29(34-21-14-26-44-39(34)38)27-36(41(50)52-4)45-43(30-15-8-5-9-16-30,31-17-10-6-11-18-31)32-19-12-7-13-20-32/h5-26,28,36,45H,27H2,1-4H3/t36-/m0/s1. The fourth-order valence-corrected chi connectivity index (χ4v) is 7.15. The number of rotatable bonds is 10. The summed E-state index contributed by atoms with van der Waals surface area (Å²) in [5.74, 6) is -0.440. The van der Waals surface area contributed by atoms with Crippen molar-refractivity contribution in [2.45, 2.75) is 18.0 Å². The first-order chi connectivity index (χ1) is 25.2. The van der Waals surface area contributed by atoms with Crippen LogP contribution in [-0.2, 0) is 28.5 Å². The monoisotopic (exact) mass is 689 g/mol. The van der Waals surface area contributed by atoms with Crippen LogP contribution in [0, 0.1) is 0 Å². The number of hydrogen-bond acceptors (Lipinski definition) is 7. The molecule has 2 aromatic heterocycles. The molecule has 0 aliphatic heterocycles. The predicted octanol–water partition coefficient (Wildman–Crippen LogP) is 5.97. The number of benzene rings is 5. The summed E-state index contributed by atoms with van der Waals surface area (Å²) in [4.78, 5) is 48.4. The van der Waals surface area contributed by atoms with Crippen molar-refractivity contribution in [2.75, 3.05) is 26.1 Å².